The Kier molecular flexibility index (Phi) is 4.33. The van der Waals surface area contributed by atoms with Crippen molar-refractivity contribution in [2.24, 2.45) is 17.9 Å². The number of rotatable bonds is 5. The van der Waals surface area contributed by atoms with Crippen molar-refractivity contribution in [1.82, 2.24) is 9.78 Å². The molecule has 1 atom stereocenters. The van der Waals surface area contributed by atoms with Crippen molar-refractivity contribution in [2.75, 3.05) is 13.7 Å². The van der Waals surface area contributed by atoms with Gasteiger partial charge in [-0.15, -0.1) is 0 Å². The van der Waals surface area contributed by atoms with Crippen molar-refractivity contribution in [2.45, 2.75) is 20.0 Å². The average Bonchev–Trinajstić information content (AvgIpc) is 2.53. The number of ether oxygens (including phenoxy) is 2. The first kappa shape index (κ1) is 13.3. The average molecular weight is 242 g/mol. The van der Waals surface area contributed by atoms with E-state index in [1.165, 1.54) is 0 Å². The van der Waals surface area contributed by atoms with Crippen molar-refractivity contribution >= 4 is 5.84 Å². The Morgan fingerprint density at radius 3 is 2.82 bits per heavy atom. The number of hydrogen-bond acceptors (Lipinski definition) is 5. The molecule has 1 rings (SSSR count). The zero-order chi connectivity index (χ0) is 13.0. The molecule has 3 N–H and O–H groups in total. The van der Waals surface area contributed by atoms with E-state index in [-0.39, 0.29) is 11.9 Å². The third-order valence-electron chi connectivity index (χ3n) is 2.25. The summed E-state index contributed by atoms with van der Waals surface area (Å²) in [5.74, 6) is 0.442. The van der Waals surface area contributed by atoms with Crippen LogP contribution in [-0.2, 0) is 11.8 Å². The van der Waals surface area contributed by atoms with Gasteiger partial charge in [-0.25, -0.2) is 4.68 Å². The fourth-order valence-electron chi connectivity index (χ4n) is 1.58. The standard InChI is InChI=1S/C10H18N4O3/c1-6(5-16-4)17-10-8(9(11)13-15)7(2)12-14(10)3/h6,15H,5H2,1-4H3,(H2,11,13). The minimum atomic E-state index is -0.153. The SMILES string of the molecule is COCC(C)Oc1c(C(N)=NO)c(C)nn1C. The van der Waals surface area contributed by atoms with E-state index in [0.29, 0.717) is 23.7 Å². The number of methoxy groups -OCH3 is 1. The molecule has 1 aromatic heterocycles. The van der Waals surface area contributed by atoms with Crippen molar-refractivity contribution in [1.29, 1.82) is 0 Å². The highest BCUT2D eigenvalue weighted by Gasteiger charge is 2.20. The number of oxime groups is 1. The maximum Gasteiger partial charge on any atom is 0.223 e. The molecule has 0 aliphatic heterocycles. The van der Waals surface area contributed by atoms with Crippen LogP contribution in [0.2, 0.25) is 0 Å². The Bertz CT molecular complexity index is 414. The molecule has 0 bridgehead atoms. The Morgan fingerprint density at radius 1 is 1.65 bits per heavy atom. The van der Waals surface area contributed by atoms with E-state index >= 15 is 0 Å². The molecule has 0 aliphatic rings. The number of aryl methyl sites for hydroxylation is 2. The molecule has 1 heterocycles. The van der Waals surface area contributed by atoms with Crippen LogP contribution in [0, 0.1) is 6.92 Å². The summed E-state index contributed by atoms with van der Waals surface area (Å²) in [5, 5.41) is 15.9. The van der Waals surface area contributed by atoms with Crippen molar-refractivity contribution in [3.05, 3.63) is 11.3 Å². The maximum absolute atomic E-state index is 8.73. The smallest absolute Gasteiger partial charge is 0.223 e. The van der Waals surface area contributed by atoms with Crippen LogP contribution in [0.1, 0.15) is 18.2 Å². The number of hydrogen-bond donors (Lipinski definition) is 2. The molecule has 0 spiro atoms. The lowest BCUT2D eigenvalue weighted by Gasteiger charge is -2.14. The number of aromatic nitrogens is 2. The molecule has 7 nitrogen and oxygen atoms in total. The van der Waals surface area contributed by atoms with Gasteiger partial charge in [0.05, 0.1) is 12.3 Å². The summed E-state index contributed by atoms with van der Waals surface area (Å²) in [6, 6.07) is 0. The van der Waals surface area contributed by atoms with Gasteiger partial charge in [-0.3, -0.25) is 0 Å². The van der Waals surface area contributed by atoms with E-state index < -0.39 is 0 Å². The molecule has 7 heteroatoms. The number of amidine groups is 1. The van der Waals surface area contributed by atoms with Gasteiger partial charge in [0.1, 0.15) is 11.7 Å². The summed E-state index contributed by atoms with van der Waals surface area (Å²) >= 11 is 0. The lowest BCUT2D eigenvalue weighted by Crippen LogP contribution is -2.22. The fourth-order valence-corrected chi connectivity index (χ4v) is 1.58. The monoisotopic (exact) mass is 242 g/mol. The van der Waals surface area contributed by atoms with E-state index in [1.807, 2.05) is 6.92 Å². The summed E-state index contributed by atoms with van der Waals surface area (Å²) in [7, 11) is 3.33. The van der Waals surface area contributed by atoms with Crippen LogP contribution in [-0.4, -0.2) is 40.6 Å². The zero-order valence-electron chi connectivity index (χ0n) is 10.5. The molecule has 1 aromatic rings. The molecule has 96 valence electrons. The summed E-state index contributed by atoms with van der Waals surface area (Å²) < 4.78 is 12.2. The topological polar surface area (TPSA) is 94.9 Å². The van der Waals surface area contributed by atoms with Gasteiger partial charge >= 0.3 is 0 Å². The highest BCUT2D eigenvalue weighted by atomic mass is 16.5. The van der Waals surface area contributed by atoms with E-state index in [1.54, 1.807) is 25.8 Å². The normalized spacial score (nSPS) is 13.8. The van der Waals surface area contributed by atoms with Gasteiger partial charge in [0.15, 0.2) is 5.84 Å². The predicted molar refractivity (Wildman–Crippen MR) is 62.4 cm³/mol. The highest BCUT2D eigenvalue weighted by molar-refractivity contribution is 6.00. The lowest BCUT2D eigenvalue weighted by molar-refractivity contribution is 0.0858. The molecule has 0 fully saturated rings. The van der Waals surface area contributed by atoms with Gasteiger partial charge in [-0.1, -0.05) is 5.16 Å². The molecule has 0 saturated heterocycles. The molecule has 0 saturated carbocycles. The number of nitrogens with zero attached hydrogens (tertiary/aromatic N) is 3. The van der Waals surface area contributed by atoms with Gasteiger partial charge in [-0.05, 0) is 13.8 Å². The second-order valence-electron chi connectivity index (χ2n) is 3.76. The van der Waals surface area contributed by atoms with Crippen LogP contribution >= 0.6 is 0 Å². The summed E-state index contributed by atoms with van der Waals surface area (Å²) in [5.41, 5.74) is 6.73. The second kappa shape index (κ2) is 5.53. The molecule has 0 aromatic carbocycles. The molecular weight excluding hydrogens is 224 g/mol. The maximum atomic E-state index is 8.73. The Morgan fingerprint density at radius 2 is 2.29 bits per heavy atom. The first-order valence-electron chi connectivity index (χ1n) is 5.18. The first-order chi connectivity index (χ1) is 8.01. The van der Waals surface area contributed by atoms with Crippen LogP contribution in [0.4, 0.5) is 0 Å². The van der Waals surface area contributed by atoms with E-state index in [0.717, 1.165) is 0 Å². The summed E-state index contributed by atoms with van der Waals surface area (Å²) in [4.78, 5) is 0. The third kappa shape index (κ3) is 2.88. The molecule has 0 radical (unpaired) electrons. The Hall–Kier alpha value is -1.76. The summed E-state index contributed by atoms with van der Waals surface area (Å²) in [6.45, 7) is 4.07. The van der Waals surface area contributed by atoms with Gasteiger partial charge in [0, 0.05) is 14.2 Å². The quantitative estimate of drug-likeness (QED) is 0.334. The first-order valence-corrected chi connectivity index (χ1v) is 5.18. The fraction of sp³-hybridized carbons (Fsp3) is 0.600. The predicted octanol–water partition coefficient (Wildman–Crippen LogP) is 0.237. The molecular formula is C10H18N4O3. The van der Waals surface area contributed by atoms with Crippen LogP contribution in [0.5, 0.6) is 5.88 Å². The minimum absolute atomic E-state index is 0.0183. The molecule has 17 heavy (non-hydrogen) atoms. The lowest BCUT2D eigenvalue weighted by atomic mass is 10.2. The third-order valence-corrected chi connectivity index (χ3v) is 2.25. The van der Waals surface area contributed by atoms with Gasteiger partial charge < -0.3 is 20.4 Å². The van der Waals surface area contributed by atoms with E-state index in [2.05, 4.69) is 10.3 Å². The Balaban J connectivity index is 3.05. The van der Waals surface area contributed by atoms with Crippen LogP contribution in [0.3, 0.4) is 0 Å². The van der Waals surface area contributed by atoms with E-state index in [4.69, 9.17) is 20.4 Å². The van der Waals surface area contributed by atoms with E-state index in [9.17, 15) is 0 Å². The van der Waals surface area contributed by atoms with Crippen molar-refractivity contribution in [3.8, 4) is 5.88 Å². The van der Waals surface area contributed by atoms with Crippen LogP contribution in [0.15, 0.2) is 5.16 Å². The molecule has 0 amide bonds. The van der Waals surface area contributed by atoms with Crippen LogP contribution < -0.4 is 10.5 Å². The largest absolute Gasteiger partial charge is 0.472 e. The number of nitrogens with two attached hydrogens (primary N) is 1. The second-order valence-corrected chi connectivity index (χ2v) is 3.76. The molecule has 1 unspecified atom stereocenters. The van der Waals surface area contributed by atoms with Crippen LogP contribution in [0.25, 0.3) is 0 Å². The van der Waals surface area contributed by atoms with Gasteiger partial charge in [0.25, 0.3) is 0 Å². The Labute approximate surface area is 99.8 Å². The highest BCUT2D eigenvalue weighted by Crippen LogP contribution is 2.22. The van der Waals surface area contributed by atoms with Crippen molar-refractivity contribution < 1.29 is 14.7 Å². The van der Waals surface area contributed by atoms with Gasteiger partial charge in [-0.2, -0.15) is 5.10 Å². The summed E-state index contributed by atoms with van der Waals surface area (Å²) in [6.07, 6.45) is -0.153. The van der Waals surface area contributed by atoms with Gasteiger partial charge in [0.2, 0.25) is 5.88 Å². The van der Waals surface area contributed by atoms with Crippen molar-refractivity contribution in [3.63, 3.8) is 0 Å². The molecule has 0 aliphatic carbocycles. The zero-order valence-corrected chi connectivity index (χ0v) is 10.5. The minimum Gasteiger partial charge on any atom is -0.472 e.